The van der Waals surface area contributed by atoms with Gasteiger partial charge in [-0.15, -0.1) is 0 Å². The zero-order valence-electron chi connectivity index (χ0n) is 8.45. The number of hydrogen-bond donors (Lipinski definition) is 0. The van der Waals surface area contributed by atoms with Crippen molar-refractivity contribution in [3.63, 3.8) is 0 Å². The van der Waals surface area contributed by atoms with Gasteiger partial charge in [0.05, 0.1) is 0 Å². The third-order valence-corrected chi connectivity index (χ3v) is 3.07. The first-order chi connectivity index (χ1) is 6.70. The lowest BCUT2D eigenvalue weighted by molar-refractivity contribution is -0.140. The van der Waals surface area contributed by atoms with Gasteiger partial charge >= 0.3 is 0 Å². The molecular formula is C11H15NO2. The molecule has 2 amide bonds. The van der Waals surface area contributed by atoms with Crippen LogP contribution in [0.25, 0.3) is 0 Å². The zero-order valence-corrected chi connectivity index (χ0v) is 8.45. The van der Waals surface area contributed by atoms with Gasteiger partial charge in [0.15, 0.2) is 0 Å². The summed E-state index contributed by atoms with van der Waals surface area (Å²) < 4.78 is 0. The predicted octanol–water partition coefficient (Wildman–Crippen LogP) is 1.63. The Balaban J connectivity index is 2.11. The molecule has 1 saturated carbocycles. The van der Waals surface area contributed by atoms with Gasteiger partial charge in [-0.05, 0) is 19.8 Å². The highest BCUT2D eigenvalue weighted by Gasteiger charge is 2.34. The van der Waals surface area contributed by atoms with Crippen LogP contribution in [0.3, 0.4) is 0 Å². The second-order valence-electron chi connectivity index (χ2n) is 4.13. The van der Waals surface area contributed by atoms with Crippen molar-refractivity contribution < 1.29 is 9.59 Å². The van der Waals surface area contributed by atoms with Gasteiger partial charge in [0.25, 0.3) is 11.8 Å². The first-order valence-corrected chi connectivity index (χ1v) is 5.26. The molecule has 0 aromatic carbocycles. The van der Waals surface area contributed by atoms with E-state index in [9.17, 15) is 9.59 Å². The molecule has 76 valence electrons. The Labute approximate surface area is 83.8 Å². The normalized spacial score (nSPS) is 24.4. The summed E-state index contributed by atoms with van der Waals surface area (Å²) in [5.41, 5.74) is 0.584. The lowest BCUT2D eigenvalue weighted by Gasteiger charge is -2.29. The highest BCUT2D eigenvalue weighted by Crippen LogP contribution is 2.26. The Kier molecular flexibility index (Phi) is 2.40. The maximum absolute atomic E-state index is 11.7. The Bertz CT molecular complexity index is 300. The summed E-state index contributed by atoms with van der Waals surface area (Å²) in [6.45, 7) is 1.71. The van der Waals surface area contributed by atoms with Gasteiger partial charge in [-0.2, -0.15) is 0 Å². The van der Waals surface area contributed by atoms with Crippen molar-refractivity contribution >= 4 is 11.8 Å². The van der Waals surface area contributed by atoms with Crippen molar-refractivity contribution in [2.24, 2.45) is 0 Å². The molecular weight excluding hydrogens is 178 g/mol. The van der Waals surface area contributed by atoms with E-state index in [0.717, 1.165) is 25.7 Å². The standard InChI is InChI=1S/C11H15NO2/c1-8-7-10(13)12(11(8)14)9-5-3-2-4-6-9/h7,9H,2-6H2,1H3. The largest absolute Gasteiger partial charge is 0.272 e. The minimum atomic E-state index is -0.112. The van der Waals surface area contributed by atoms with E-state index in [0.29, 0.717) is 5.57 Å². The lowest BCUT2D eigenvalue weighted by atomic mass is 9.94. The molecule has 3 heteroatoms. The summed E-state index contributed by atoms with van der Waals surface area (Å²) in [7, 11) is 0. The molecule has 1 heterocycles. The maximum atomic E-state index is 11.7. The summed E-state index contributed by atoms with van der Waals surface area (Å²) >= 11 is 0. The van der Waals surface area contributed by atoms with Crippen molar-refractivity contribution in [2.75, 3.05) is 0 Å². The molecule has 0 atom stereocenters. The van der Waals surface area contributed by atoms with Crippen LogP contribution in [-0.2, 0) is 9.59 Å². The number of amides is 2. The maximum Gasteiger partial charge on any atom is 0.256 e. The molecule has 2 rings (SSSR count). The zero-order chi connectivity index (χ0) is 10.1. The fourth-order valence-corrected chi connectivity index (χ4v) is 2.29. The van der Waals surface area contributed by atoms with Gasteiger partial charge in [0.1, 0.15) is 0 Å². The Morgan fingerprint density at radius 1 is 1.21 bits per heavy atom. The van der Waals surface area contributed by atoms with Crippen LogP contribution in [0.5, 0.6) is 0 Å². The molecule has 3 nitrogen and oxygen atoms in total. The monoisotopic (exact) mass is 193 g/mol. The molecule has 1 aliphatic heterocycles. The molecule has 1 aliphatic carbocycles. The minimum absolute atomic E-state index is 0.0816. The average molecular weight is 193 g/mol. The van der Waals surface area contributed by atoms with Crippen LogP contribution in [0, 0.1) is 0 Å². The first kappa shape index (κ1) is 9.44. The predicted molar refractivity (Wildman–Crippen MR) is 52.5 cm³/mol. The van der Waals surface area contributed by atoms with Crippen molar-refractivity contribution in [3.8, 4) is 0 Å². The Morgan fingerprint density at radius 2 is 1.86 bits per heavy atom. The fourth-order valence-electron chi connectivity index (χ4n) is 2.29. The van der Waals surface area contributed by atoms with Gasteiger partial charge in [-0.1, -0.05) is 19.3 Å². The van der Waals surface area contributed by atoms with Crippen molar-refractivity contribution in [1.82, 2.24) is 4.90 Å². The minimum Gasteiger partial charge on any atom is -0.272 e. The van der Waals surface area contributed by atoms with Crippen molar-refractivity contribution in [2.45, 2.75) is 45.1 Å². The average Bonchev–Trinajstić information content (AvgIpc) is 2.43. The highest BCUT2D eigenvalue weighted by molar-refractivity contribution is 6.16. The number of carbonyl (C=O) groups excluding carboxylic acids is 2. The smallest absolute Gasteiger partial charge is 0.256 e. The molecule has 0 aromatic heterocycles. The molecule has 0 aromatic rings. The molecule has 0 bridgehead atoms. The highest BCUT2D eigenvalue weighted by atomic mass is 16.2. The van der Waals surface area contributed by atoms with Crippen LogP contribution in [0.1, 0.15) is 39.0 Å². The lowest BCUT2D eigenvalue weighted by Crippen LogP contribution is -2.41. The second-order valence-corrected chi connectivity index (χ2v) is 4.13. The van der Waals surface area contributed by atoms with Gasteiger partial charge in [-0.3, -0.25) is 14.5 Å². The van der Waals surface area contributed by atoms with Crippen LogP contribution in [0.15, 0.2) is 11.6 Å². The Morgan fingerprint density at radius 3 is 2.36 bits per heavy atom. The van der Waals surface area contributed by atoms with E-state index in [4.69, 9.17) is 0 Å². The molecule has 1 fully saturated rings. The van der Waals surface area contributed by atoms with Crippen LogP contribution in [0.2, 0.25) is 0 Å². The van der Waals surface area contributed by atoms with E-state index in [1.54, 1.807) is 6.92 Å². The van der Waals surface area contributed by atoms with Crippen LogP contribution in [0.4, 0.5) is 0 Å². The van der Waals surface area contributed by atoms with Gasteiger partial charge < -0.3 is 0 Å². The number of nitrogens with zero attached hydrogens (tertiary/aromatic N) is 1. The summed E-state index contributed by atoms with van der Waals surface area (Å²) in [5.74, 6) is -0.193. The summed E-state index contributed by atoms with van der Waals surface area (Å²) in [5, 5.41) is 0. The molecule has 0 saturated heterocycles. The van der Waals surface area contributed by atoms with E-state index in [1.807, 2.05) is 0 Å². The number of imide groups is 1. The van der Waals surface area contributed by atoms with E-state index in [2.05, 4.69) is 0 Å². The summed E-state index contributed by atoms with van der Waals surface area (Å²) in [6.07, 6.45) is 6.94. The molecule has 0 N–H and O–H groups in total. The fraction of sp³-hybridized carbons (Fsp3) is 0.636. The number of hydrogen-bond acceptors (Lipinski definition) is 2. The van der Waals surface area contributed by atoms with Crippen LogP contribution < -0.4 is 0 Å². The van der Waals surface area contributed by atoms with E-state index in [1.165, 1.54) is 17.4 Å². The number of carbonyl (C=O) groups is 2. The third-order valence-electron chi connectivity index (χ3n) is 3.07. The van der Waals surface area contributed by atoms with E-state index < -0.39 is 0 Å². The molecule has 14 heavy (non-hydrogen) atoms. The van der Waals surface area contributed by atoms with Gasteiger partial charge in [-0.25, -0.2) is 0 Å². The molecule has 0 spiro atoms. The quantitative estimate of drug-likeness (QED) is 0.593. The topological polar surface area (TPSA) is 37.4 Å². The van der Waals surface area contributed by atoms with Gasteiger partial charge in [0.2, 0.25) is 0 Å². The third kappa shape index (κ3) is 1.47. The molecule has 0 radical (unpaired) electrons. The summed E-state index contributed by atoms with van der Waals surface area (Å²) in [6, 6.07) is 0.164. The first-order valence-electron chi connectivity index (χ1n) is 5.26. The van der Waals surface area contributed by atoms with Crippen LogP contribution in [-0.4, -0.2) is 22.8 Å². The summed E-state index contributed by atoms with van der Waals surface area (Å²) in [4.78, 5) is 24.6. The molecule has 0 unspecified atom stereocenters. The van der Waals surface area contributed by atoms with Gasteiger partial charge in [0, 0.05) is 17.7 Å². The Hall–Kier alpha value is -1.12. The van der Waals surface area contributed by atoms with E-state index in [-0.39, 0.29) is 17.9 Å². The van der Waals surface area contributed by atoms with E-state index >= 15 is 0 Å². The SMILES string of the molecule is CC1=CC(=O)N(C2CCCCC2)C1=O. The second kappa shape index (κ2) is 3.56. The van der Waals surface area contributed by atoms with Crippen molar-refractivity contribution in [1.29, 1.82) is 0 Å². The van der Waals surface area contributed by atoms with Crippen molar-refractivity contribution in [3.05, 3.63) is 11.6 Å². The molecule has 2 aliphatic rings. The van der Waals surface area contributed by atoms with Crippen LogP contribution >= 0.6 is 0 Å². The number of rotatable bonds is 1.